The first-order chi connectivity index (χ1) is 15.3. The second-order valence-corrected chi connectivity index (χ2v) is 10.9. The minimum absolute atomic E-state index is 0.0756. The monoisotopic (exact) mass is 508 g/mol. The lowest BCUT2D eigenvalue weighted by atomic mass is 10.2. The first-order valence-corrected chi connectivity index (χ1v) is 12.9. The molecule has 0 spiro atoms. The Balaban J connectivity index is 1.76. The van der Waals surface area contributed by atoms with E-state index in [1.54, 1.807) is 23.9 Å². The van der Waals surface area contributed by atoms with Crippen molar-refractivity contribution in [2.45, 2.75) is 16.7 Å². The number of hydrogen-bond donors (Lipinski definition) is 1. The summed E-state index contributed by atoms with van der Waals surface area (Å²) in [7, 11) is -4.02. The molecular weight excluding hydrogens is 487 g/mol. The predicted molar refractivity (Wildman–Crippen MR) is 132 cm³/mol. The zero-order valence-corrected chi connectivity index (χ0v) is 20.4. The van der Waals surface area contributed by atoms with Crippen molar-refractivity contribution in [2.24, 2.45) is 0 Å². The fraction of sp³-hybridized carbons (Fsp3) is 0.174. The van der Waals surface area contributed by atoms with Crippen molar-refractivity contribution in [1.29, 1.82) is 0 Å². The normalized spacial score (nSPS) is 11.2. The highest BCUT2D eigenvalue weighted by Crippen LogP contribution is 2.29. The molecule has 0 saturated carbocycles. The third-order valence-electron chi connectivity index (χ3n) is 4.47. The Hall–Kier alpha value is -2.19. The van der Waals surface area contributed by atoms with Crippen molar-refractivity contribution in [3.05, 3.63) is 88.4 Å². The van der Waals surface area contributed by atoms with Gasteiger partial charge in [-0.2, -0.15) is 0 Å². The topological polar surface area (TPSA) is 66.5 Å². The van der Waals surface area contributed by atoms with E-state index in [2.05, 4.69) is 5.32 Å². The molecule has 0 aromatic heterocycles. The van der Waals surface area contributed by atoms with Gasteiger partial charge in [0.25, 0.3) is 10.0 Å². The van der Waals surface area contributed by atoms with E-state index in [4.69, 9.17) is 23.2 Å². The minimum atomic E-state index is -4.02. The van der Waals surface area contributed by atoms with Crippen LogP contribution in [-0.2, 0) is 14.8 Å². The van der Waals surface area contributed by atoms with E-state index in [1.165, 1.54) is 30.3 Å². The number of carbonyl (C=O) groups excluding carboxylic acids is 1. The number of thioether (sulfide) groups is 1. The second-order valence-electron chi connectivity index (χ2n) is 6.96. The summed E-state index contributed by atoms with van der Waals surface area (Å²) in [4.78, 5) is 13.8. The maximum atomic E-state index is 13.4. The van der Waals surface area contributed by atoms with Gasteiger partial charge in [0.15, 0.2) is 0 Å². The molecule has 0 radical (unpaired) electrons. The van der Waals surface area contributed by atoms with Crippen molar-refractivity contribution in [2.75, 3.05) is 23.1 Å². The van der Waals surface area contributed by atoms with Crippen LogP contribution in [0.5, 0.6) is 0 Å². The van der Waals surface area contributed by atoms with Crippen molar-refractivity contribution in [3.8, 4) is 0 Å². The van der Waals surface area contributed by atoms with Gasteiger partial charge in [-0.1, -0.05) is 59.1 Å². The van der Waals surface area contributed by atoms with Crippen LogP contribution in [0.25, 0.3) is 0 Å². The SMILES string of the molecule is Cc1ccc(S(=O)(=O)N(CC(=O)NCCSc2ccccc2)c2cc(Cl)cc(Cl)c2)cc1. The predicted octanol–water partition coefficient (Wildman–Crippen LogP) is 5.41. The molecule has 0 atom stereocenters. The molecule has 0 fully saturated rings. The number of rotatable bonds is 9. The molecule has 0 heterocycles. The lowest BCUT2D eigenvalue weighted by Gasteiger charge is -2.24. The molecule has 168 valence electrons. The first kappa shape index (κ1) is 24.5. The molecule has 0 aliphatic carbocycles. The Morgan fingerprint density at radius 3 is 2.22 bits per heavy atom. The molecule has 0 aliphatic rings. The highest BCUT2D eigenvalue weighted by molar-refractivity contribution is 7.99. The summed E-state index contributed by atoms with van der Waals surface area (Å²) in [6, 6.07) is 20.7. The zero-order valence-electron chi connectivity index (χ0n) is 17.3. The molecule has 3 aromatic rings. The number of sulfonamides is 1. The standard InChI is InChI=1S/C23H22Cl2N2O3S2/c1-17-7-9-22(10-8-17)32(29,30)27(20-14-18(24)13-19(25)15-20)16-23(28)26-11-12-31-21-5-3-2-4-6-21/h2-10,13-15H,11-12,16H2,1H3,(H,26,28). The number of hydrogen-bond acceptors (Lipinski definition) is 4. The number of aryl methyl sites for hydroxylation is 1. The molecule has 1 N–H and O–H groups in total. The molecule has 32 heavy (non-hydrogen) atoms. The van der Waals surface area contributed by atoms with E-state index < -0.39 is 22.5 Å². The van der Waals surface area contributed by atoms with Crippen molar-refractivity contribution < 1.29 is 13.2 Å². The van der Waals surface area contributed by atoms with Gasteiger partial charge >= 0.3 is 0 Å². The van der Waals surface area contributed by atoms with Gasteiger partial charge in [-0.05, 0) is 49.4 Å². The van der Waals surface area contributed by atoms with Crippen LogP contribution in [0.3, 0.4) is 0 Å². The maximum absolute atomic E-state index is 13.4. The Morgan fingerprint density at radius 1 is 0.969 bits per heavy atom. The summed E-state index contributed by atoms with van der Waals surface area (Å²) in [6.07, 6.45) is 0. The van der Waals surface area contributed by atoms with E-state index >= 15 is 0 Å². The van der Waals surface area contributed by atoms with Crippen LogP contribution in [0, 0.1) is 6.92 Å². The van der Waals surface area contributed by atoms with Crippen LogP contribution in [0.4, 0.5) is 5.69 Å². The summed E-state index contributed by atoms with van der Waals surface area (Å²) < 4.78 is 27.8. The molecule has 5 nitrogen and oxygen atoms in total. The van der Waals surface area contributed by atoms with Gasteiger partial charge in [0.05, 0.1) is 10.6 Å². The summed E-state index contributed by atoms with van der Waals surface area (Å²) >= 11 is 13.8. The number of amides is 1. The van der Waals surface area contributed by atoms with Gasteiger partial charge in [-0.3, -0.25) is 9.10 Å². The fourth-order valence-corrected chi connectivity index (χ4v) is 5.61. The third-order valence-corrected chi connectivity index (χ3v) is 7.71. The van der Waals surface area contributed by atoms with Gasteiger partial charge < -0.3 is 5.32 Å². The van der Waals surface area contributed by atoms with Crippen LogP contribution in [0.2, 0.25) is 10.0 Å². The quantitative estimate of drug-likeness (QED) is 0.310. The van der Waals surface area contributed by atoms with Gasteiger partial charge in [0, 0.05) is 27.2 Å². The van der Waals surface area contributed by atoms with Crippen molar-refractivity contribution in [3.63, 3.8) is 0 Å². The average Bonchev–Trinajstić information content (AvgIpc) is 2.75. The molecular formula is C23H22Cl2N2O3S2. The van der Waals surface area contributed by atoms with Crippen molar-refractivity contribution in [1.82, 2.24) is 5.32 Å². The van der Waals surface area contributed by atoms with Crippen LogP contribution < -0.4 is 9.62 Å². The maximum Gasteiger partial charge on any atom is 0.264 e. The molecule has 0 aliphatic heterocycles. The van der Waals surface area contributed by atoms with Crippen LogP contribution in [0.15, 0.2) is 82.6 Å². The van der Waals surface area contributed by atoms with E-state index in [0.29, 0.717) is 12.3 Å². The van der Waals surface area contributed by atoms with Crippen LogP contribution >= 0.6 is 35.0 Å². The lowest BCUT2D eigenvalue weighted by Crippen LogP contribution is -2.41. The number of nitrogens with zero attached hydrogens (tertiary/aromatic N) is 1. The highest BCUT2D eigenvalue weighted by Gasteiger charge is 2.27. The summed E-state index contributed by atoms with van der Waals surface area (Å²) in [5.41, 5.74) is 1.15. The molecule has 9 heteroatoms. The third kappa shape index (κ3) is 6.65. The Kier molecular flexibility index (Phi) is 8.48. The molecule has 3 rings (SSSR count). The molecule has 0 saturated heterocycles. The number of nitrogens with one attached hydrogen (secondary N) is 1. The second kappa shape index (κ2) is 11.1. The van der Waals surface area contributed by atoms with E-state index in [9.17, 15) is 13.2 Å². The van der Waals surface area contributed by atoms with E-state index in [1.807, 2.05) is 37.3 Å². The fourth-order valence-electron chi connectivity index (χ4n) is 2.90. The molecule has 3 aromatic carbocycles. The Labute approximate surface area is 202 Å². The molecule has 0 unspecified atom stereocenters. The number of halogens is 2. The summed E-state index contributed by atoms with van der Waals surface area (Å²) in [5.74, 6) is 0.231. The zero-order chi connectivity index (χ0) is 23.1. The number of anilines is 1. The minimum Gasteiger partial charge on any atom is -0.354 e. The average molecular weight is 509 g/mol. The van der Waals surface area contributed by atoms with E-state index in [0.717, 1.165) is 14.8 Å². The smallest absolute Gasteiger partial charge is 0.264 e. The van der Waals surface area contributed by atoms with Gasteiger partial charge in [0.2, 0.25) is 5.91 Å². The van der Waals surface area contributed by atoms with Gasteiger partial charge in [-0.25, -0.2) is 8.42 Å². The Bertz CT molecular complexity index is 1150. The lowest BCUT2D eigenvalue weighted by molar-refractivity contribution is -0.119. The number of carbonyl (C=O) groups is 1. The van der Waals surface area contributed by atoms with E-state index in [-0.39, 0.29) is 20.6 Å². The summed E-state index contributed by atoms with van der Waals surface area (Å²) in [6.45, 7) is 1.86. The number of benzene rings is 3. The van der Waals surface area contributed by atoms with Crippen molar-refractivity contribution >= 4 is 56.6 Å². The first-order valence-electron chi connectivity index (χ1n) is 9.76. The molecule has 1 amide bonds. The van der Waals surface area contributed by atoms with Gasteiger partial charge in [-0.15, -0.1) is 11.8 Å². The van der Waals surface area contributed by atoms with Gasteiger partial charge in [0.1, 0.15) is 6.54 Å². The van der Waals surface area contributed by atoms with Crippen LogP contribution in [0.1, 0.15) is 5.56 Å². The highest BCUT2D eigenvalue weighted by atomic mass is 35.5. The summed E-state index contributed by atoms with van der Waals surface area (Å²) in [5, 5.41) is 3.33. The molecule has 0 bridgehead atoms. The Morgan fingerprint density at radius 2 is 1.59 bits per heavy atom. The van der Waals surface area contributed by atoms with Crippen LogP contribution in [-0.4, -0.2) is 33.2 Å². The largest absolute Gasteiger partial charge is 0.354 e.